The zero-order chi connectivity index (χ0) is 11.7. The van der Waals surface area contributed by atoms with Gasteiger partial charge in [-0.05, 0) is 35.0 Å². The van der Waals surface area contributed by atoms with E-state index in [1.165, 1.54) is 0 Å². The Balaban J connectivity index is 0.00000144. The Morgan fingerprint density at radius 1 is 1.22 bits per heavy atom. The first-order valence-corrected chi connectivity index (χ1v) is 4.72. The molecule has 0 saturated carbocycles. The molecule has 0 spiro atoms. The molecule has 2 aromatic carbocycles. The number of hydrogen-bond acceptors (Lipinski definition) is 4. The summed E-state index contributed by atoms with van der Waals surface area (Å²) in [5.74, 6) is -0.355. The Labute approximate surface area is 126 Å². The molecule has 0 aliphatic carbocycles. The maximum atomic E-state index is 10.8. The average molecular weight is 257 g/mol. The monoisotopic (exact) mass is 257 g/mol. The van der Waals surface area contributed by atoms with Crippen molar-refractivity contribution in [1.82, 2.24) is 0 Å². The minimum Gasteiger partial charge on any atom is -0.870 e. The fraction of sp³-hybridized carbons (Fsp3) is 0.0833. The van der Waals surface area contributed by atoms with E-state index in [0.29, 0.717) is 11.4 Å². The minimum absolute atomic E-state index is 0. The van der Waals surface area contributed by atoms with Gasteiger partial charge in [-0.25, -0.2) is 4.79 Å². The smallest absolute Gasteiger partial charge is 0.870 e. The number of benzene rings is 2. The molecule has 0 fully saturated rings. The van der Waals surface area contributed by atoms with Gasteiger partial charge in [0, 0.05) is 0 Å². The van der Waals surface area contributed by atoms with E-state index in [9.17, 15) is 4.79 Å². The molecule has 0 radical (unpaired) electrons. The van der Waals surface area contributed by atoms with Gasteiger partial charge < -0.3 is 21.1 Å². The number of aromatic carboxylic acids is 1. The fourth-order valence-corrected chi connectivity index (χ4v) is 1.60. The second kappa shape index (κ2) is 6.61. The number of methoxy groups -OCH3 is 1. The zero-order valence-corrected chi connectivity index (χ0v) is 12.2. The van der Waals surface area contributed by atoms with E-state index in [1.807, 2.05) is 0 Å². The molecule has 0 aliphatic heterocycles. The van der Waals surface area contributed by atoms with Crippen LogP contribution in [-0.4, -0.2) is 23.7 Å². The summed E-state index contributed by atoms with van der Waals surface area (Å²) in [6.07, 6.45) is 0. The Morgan fingerprint density at radius 3 is 2.44 bits per heavy atom. The summed E-state index contributed by atoms with van der Waals surface area (Å²) in [4.78, 5) is 10.8. The Morgan fingerprint density at radius 2 is 1.89 bits per heavy atom. The third-order valence-electron chi connectivity index (χ3n) is 2.44. The second-order valence-corrected chi connectivity index (χ2v) is 3.46. The van der Waals surface area contributed by atoms with Crippen molar-refractivity contribution in [3.05, 3.63) is 35.9 Å². The van der Waals surface area contributed by atoms with Crippen molar-refractivity contribution in [2.75, 3.05) is 12.8 Å². The third kappa shape index (κ3) is 3.14. The molecule has 5 nitrogen and oxygen atoms in total. The quantitative estimate of drug-likeness (QED) is 0.528. The van der Waals surface area contributed by atoms with Crippen LogP contribution in [0.15, 0.2) is 30.3 Å². The first-order chi connectivity index (χ1) is 7.61. The number of carbonyl (C=O) groups is 1. The zero-order valence-electron chi connectivity index (χ0n) is 10.2. The number of nitrogens with two attached hydrogens (primary N) is 1. The molecule has 4 N–H and O–H groups in total. The topological polar surface area (TPSA) is 103 Å². The molecule has 0 amide bonds. The van der Waals surface area contributed by atoms with Gasteiger partial charge in [-0.2, -0.15) is 0 Å². The summed E-state index contributed by atoms with van der Waals surface area (Å²) < 4.78 is 5.09. The second-order valence-electron chi connectivity index (χ2n) is 3.46. The van der Waals surface area contributed by atoms with Crippen molar-refractivity contribution in [1.29, 1.82) is 0 Å². The normalized spacial score (nSPS) is 9.17. The van der Waals surface area contributed by atoms with Crippen LogP contribution in [0.3, 0.4) is 0 Å². The van der Waals surface area contributed by atoms with E-state index in [-0.39, 0.29) is 40.6 Å². The molecule has 6 heteroatoms. The van der Waals surface area contributed by atoms with Crippen LogP contribution in [0.4, 0.5) is 5.69 Å². The number of hydrogen-bond donors (Lipinski definition) is 2. The number of rotatable bonds is 2. The van der Waals surface area contributed by atoms with Crippen molar-refractivity contribution in [2.24, 2.45) is 0 Å². The molecular weight excluding hydrogens is 245 g/mol. The molecule has 0 atom stereocenters. The van der Waals surface area contributed by atoms with Crippen molar-refractivity contribution in [3.8, 4) is 5.75 Å². The Hall–Kier alpha value is -1.27. The molecule has 18 heavy (non-hydrogen) atoms. The van der Waals surface area contributed by atoms with Gasteiger partial charge in [-0.1, -0.05) is 6.07 Å². The number of nitrogen functional groups attached to an aromatic ring is 1. The van der Waals surface area contributed by atoms with Crippen LogP contribution in [0.5, 0.6) is 5.75 Å². The van der Waals surface area contributed by atoms with Crippen molar-refractivity contribution < 1.29 is 49.7 Å². The van der Waals surface area contributed by atoms with Gasteiger partial charge >= 0.3 is 35.5 Å². The van der Waals surface area contributed by atoms with Gasteiger partial charge in [0.25, 0.3) is 0 Å². The van der Waals surface area contributed by atoms with Crippen molar-refractivity contribution >= 4 is 22.4 Å². The molecule has 2 rings (SSSR count). The number of anilines is 1. The fourth-order valence-electron chi connectivity index (χ4n) is 1.60. The number of carboxylic acid groups (broad SMARTS) is 1. The summed E-state index contributed by atoms with van der Waals surface area (Å²) >= 11 is 0. The van der Waals surface area contributed by atoms with Gasteiger partial charge in [0.15, 0.2) is 0 Å². The molecule has 0 unspecified atom stereocenters. The number of fused-ring (bicyclic) bond motifs is 1. The molecule has 0 aliphatic rings. The molecular formula is C12H12NNaO4. The molecule has 0 bridgehead atoms. The van der Waals surface area contributed by atoms with Crippen LogP contribution in [0.1, 0.15) is 10.4 Å². The van der Waals surface area contributed by atoms with Crippen LogP contribution >= 0.6 is 0 Å². The SMILES string of the molecule is COc1cc2ccc(C(=O)O)cc2cc1N.[Na+].[OH-]. The number of ether oxygens (including phenoxy) is 1. The maximum Gasteiger partial charge on any atom is 1.00 e. The van der Waals surface area contributed by atoms with E-state index in [4.69, 9.17) is 15.6 Å². The maximum absolute atomic E-state index is 10.8. The Bertz CT molecular complexity index is 571. The predicted octanol–water partition coefficient (Wildman–Crippen LogP) is -1.04. The van der Waals surface area contributed by atoms with E-state index >= 15 is 0 Å². The standard InChI is InChI=1S/C12H11NO3.Na.H2O/c1-16-11-6-7-2-3-8(12(14)15)4-9(7)5-10(11)13;;/h2-6H,13H2,1H3,(H,14,15);;1H2/q;+1;/p-1. The largest absolute Gasteiger partial charge is 1.00 e. The van der Waals surface area contributed by atoms with Crippen molar-refractivity contribution in [3.63, 3.8) is 0 Å². The third-order valence-corrected chi connectivity index (χ3v) is 2.44. The van der Waals surface area contributed by atoms with Gasteiger partial charge in [0.05, 0.1) is 18.4 Å². The molecule has 2 aromatic rings. The van der Waals surface area contributed by atoms with Crippen LogP contribution in [0.2, 0.25) is 0 Å². The first kappa shape index (κ1) is 16.7. The molecule has 0 heterocycles. The Kier molecular flexibility index (Phi) is 6.14. The van der Waals surface area contributed by atoms with Crippen LogP contribution in [0.25, 0.3) is 10.8 Å². The van der Waals surface area contributed by atoms with Gasteiger partial charge in [-0.15, -0.1) is 0 Å². The van der Waals surface area contributed by atoms with Crippen LogP contribution < -0.4 is 40.0 Å². The van der Waals surface area contributed by atoms with Gasteiger partial charge in [0.1, 0.15) is 5.75 Å². The minimum atomic E-state index is -0.948. The summed E-state index contributed by atoms with van der Waals surface area (Å²) in [5, 5.41) is 10.5. The van der Waals surface area contributed by atoms with Crippen LogP contribution in [-0.2, 0) is 0 Å². The predicted molar refractivity (Wildman–Crippen MR) is 63.8 cm³/mol. The summed E-state index contributed by atoms with van der Waals surface area (Å²) in [6, 6.07) is 8.38. The van der Waals surface area contributed by atoms with E-state index in [2.05, 4.69) is 0 Å². The molecule has 0 saturated heterocycles. The van der Waals surface area contributed by atoms with E-state index in [1.54, 1.807) is 37.4 Å². The van der Waals surface area contributed by atoms with Crippen molar-refractivity contribution in [2.45, 2.75) is 0 Å². The summed E-state index contributed by atoms with van der Waals surface area (Å²) in [7, 11) is 1.54. The van der Waals surface area contributed by atoms with E-state index in [0.717, 1.165) is 10.8 Å². The summed E-state index contributed by atoms with van der Waals surface area (Å²) in [5.41, 5.74) is 6.50. The molecule has 90 valence electrons. The van der Waals surface area contributed by atoms with Gasteiger partial charge in [-0.3, -0.25) is 0 Å². The summed E-state index contributed by atoms with van der Waals surface area (Å²) in [6.45, 7) is 0. The average Bonchev–Trinajstić information content (AvgIpc) is 2.27. The molecule has 0 aromatic heterocycles. The van der Waals surface area contributed by atoms with Gasteiger partial charge in [0.2, 0.25) is 0 Å². The number of carboxylic acids is 1. The first-order valence-electron chi connectivity index (χ1n) is 4.72. The van der Waals surface area contributed by atoms with Crippen LogP contribution in [0, 0.1) is 0 Å². The van der Waals surface area contributed by atoms with E-state index < -0.39 is 5.97 Å².